The number of carbonyl (C=O) groups excluding carboxylic acids is 1. The maximum atomic E-state index is 12.4. The number of nitrogens with zero attached hydrogens (tertiary/aromatic N) is 2. The molecule has 1 amide bonds. The maximum Gasteiger partial charge on any atom is 0.251 e. The van der Waals surface area contributed by atoms with E-state index in [4.69, 9.17) is 9.47 Å². The minimum atomic E-state index is -0.111. The molecule has 0 saturated carbocycles. The molecule has 0 bridgehead atoms. The molecule has 0 saturated heterocycles. The van der Waals surface area contributed by atoms with Gasteiger partial charge in [0.05, 0.1) is 18.0 Å². The quantitative estimate of drug-likeness (QED) is 0.609. The standard InChI is InChI=1S/C22H25N3O3/c1-16-14-17(2)25(24-16)20-8-6-19(7-9-20)22(26)23-15-18-4-10-21(11-5-18)28-13-12-27-3/h4-11,14H,12-13,15H2,1-3H3,(H,23,26). The lowest BCUT2D eigenvalue weighted by molar-refractivity contribution is 0.0951. The summed E-state index contributed by atoms with van der Waals surface area (Å²) < 4.78 is 12.4. The SMILES string of the molecule is COCCOc1ccc(CNC(=O)c2ccc(-n3nc(C)cc3C)cc2)cc1. The Morgan fingerprint density at radius 2 is 1.75 bits per heavy atom. The molecule has 146 valence electrons. The fraction of sp³-hybridized carbons (Fsp3) is 0.273. The van der Waals surface area contributed by atoms with Gasteiger partial charge in [0.2, 0.25) is 0 Å². The summed E-state index contributed by atoms with van der Waals surface area (Å²) in [6, 6.07) is 17.1. The predicted molar refractivity (Wildman–Crippen MR) is 108 cm³/mol. The smallest absolute Gasteiger partial charge is 0.251 e. The largest absolute Gasteiger partial charge is 0.491 e. The molecule has 0 aliphatic rings. The van der Waals surface area contributed by atoms with Gasteiger partial charge in [-0.3, -0.25) is 4.79 Å². The predicted octanol–water partition coefficient (Wildman–Crippen LogP) is 3.44. The molecule has 0 unspecified atom stereocenters. The van der Waals surface area contributed by atoms with Gasteiger partial charge in [-0.25, -0.2) is 4.68 Å². The molecule has 0 fully saturated rings. The minimum Gasteiger partial charge on any atom is -0.491 e. The molecule has 2 aromatic carbocycles. The topological polar surface area (TPSA) is 65.4 Å². The van der Waals surface area contributed by atoms with Crippen LogP contribution in [-0.4, -0.2) is 36.0 Å². The second-order valence-electron chi connectivity index (χ2n) is 6.55. The molecule has 1 N–H and O–H groups in total. The Morgan fingerprint density at radius 3 is 2.36 bits per heavy atom. The van der Waals surface area contributed by atoms with E-state index in [1.165, 1.54) is 0 Å². The molecule has 0 aliphatic heterocycles. The highest BCUT2D eigenvalue weighted by Gasteiger charge is 2.08. The summed E-state index contributed by atoms with van der Waals surface area (Å²) in [6.45, 7) is 5.49. The molecule has 0 spiro atoms. The number of carbonyl (C=O) groups is 1. The van der Waals surface area contributed by atoms with Crippen molar-refractivity contribution >= 4 is 5.91 Å². The zero-order chi connectivity index (χ0) is 19.9. The molecule has 6 nitrogen and oxygen atoms in total. The highest BCUT2D eigenvalue weighted by atomic mass is 16.5. The summed E-state index contributed by atoms with van der Waals surface area (Å²) in [5, 5.41) is 7.40. The number of amides is 1. The van der Waals surface area contributed by atoms with Gasteiger partial charge in [0.15, 0.2) is 0 Å². The van der Waals surface area contributed by atoms with E-state index in [-0.39, 0.29) is 5.91 Å². The summed E-state index contributed by atoms with van der Waals surface area (Å²) in [5.74, 6) is 0.673. The third-order valence-electron chi connectivity index (χ3n) is 4.32. The van der Waals surface area contributed by atoms with Gasteiger partial charge in [-0.2, -0.15) is 5.10 Å². The van der Waals surface area contributed by atoms with Crippen LogP contribution in [0, 0.1) is 13.8 Å². The van der Waals surface area contributed by atoms with Crippen LogP contribution in [0.3, 0.4) is 0 Å². The number of hydrogen-bond donors (Lipinski definition) is 1. The third kappa shape index (κ3) is 4.98. The lowest BCUT2D eigenvalue weighted by Gasteiger charge is -2.09. The van der Waals surface area contributed by atoms with E-state index in [0.29, 0.717) is 25.3 Å². The number of methoxy groups -OCH3 is 1. The van der Waals surface area contributed by atoms with E-state index in [1.807, 2.05) is 73.1 Å². The first-order valence-corrected chi connectivity index (χ1v) is 9.19. The molecule has 1 aromatic heterocycles. The van der Waals surface area contributed by atoms with Crippen molar-refractivity contribution in [2.24, 2.45) is 0 Å². The van der Waals surface area contributed by atoms with Crippen LogP contribution in [0.2, 0.25) is 0 Å². The van der Waals surface area contributed by atoms with E-state index in [2.05, 4.69) is 10.4 Å². The monoisotopic (exact) mass is 379 g/mol. The van der Waals surface area contributed by atoms with E-state index in [9.17, 15) is 4.79 Å². The fourth-order valence-electron chi connectivity index (χ4n) is 2.88. The Morgan fingerprint density at radius 1 is 1.04 bits per heavy atom. The van der Waals surface area contributed by atoms with E-state index < -0.39 is 0 Å². The zero-order valence-electron chi connectivity index (χ0n) is 16.4. The molecule has 0 aliphatic carbocycles. The molecule has 0 atom stereocenters. The summed E-state index contributed by atoms with van der Waals surface area (Å²) in [7, 11) is 1.64. The van der Waals surface area contributed by atoms with Crippen molar-refractivity contribution in [2.45, 2.75) is 20.4 Å². The molecule has 3 aromatic rings. The van der Waals surface area contributed by atoms with Gasteiger partial charge >= 0.3 is 0 Å². The molecule has 28 heavy (non-hydrogen) atoms. The first-order chi connectivity index (χ1) is 13.6. The number of rotatable bonds is 8. The summed E-state index contributed by atoms with van der Waals surface area (Å²) in [6.07, 6.45) is 0. The van der Waals surface area contributed by atoms with Crippen LogP contribution in [0.1, 0.15) is 27.3 Å². The Bertz CT molecular complexity index is 915. The van der Waals surface area contributed by atoms with Crippen LogP contribution in [0.15, 0.2) is 54.6 Å². The maximum absolute atomic E-state index is 12.4. The Labute approximate surface area is 165 Å². The highest BCUT2D eigenvalue weighted by molar-refractivity contribution is 5.94. The van der Waals surface area contributed by atoms with Crippen molar-refractivity contribution in [3.8, 4) is 11.4 Å². The van der Waals surface area contributed by atoms with Crippen LogP contribution in [0.25, 0.3) is 5.69 Å². The fourth-order valence-corrected chi connectivity index (χ4v) is 2.88. The van der Waals surface area contributed by atoms with Crippen molar-refractivity contribution in [1.29, 1.82) is 0 Å². The Kier molecular flexibility index (Phi) is 6.45. The average Bonchev–Trinajstić information content (AvgIpc) is 3.05. The normalized spacial score (nSPS) is 10.7. The van der Waals surface area contributed by atoms with Crippen LogP contribution in [0.4, 0.5) is 0 Å². The van der Waals surface area contributed by atoms with Crippen LogP contribution in [-0.2, 0) is 11.3 Å². The van der Waals surface area contributed by atoms with Crippen LogP contribution in [0.5, 0.6) is 5.75 Å². The van der Waals surface area contributed by atoms with E-state index >= 15 is 0 Å². The second kappa shape index (κ2) is 9.19. The van der Waals surface area contributed by atoms with Gasteiger partial charge in [0.1, 0.15) is 12.4 Å². The van der Waals surface area contributed by atoms with E-state index in [1.54, 1.807) is 7.11 Å². The average molecular weight is 379 g/mol. The number of ether oxygens (including phenoxy) is 2. The first-order valence-electron chi connectivity index (χ1n) is 9.19. The van der Waals surface area contributed by atoms with Gasteiger partial charge in [0.25, 0.3) is 5.91 Å². The van der Waals surface area contributed by atoms with Crippen molar-refractivity contribution in [3.63, 3.8) is 0 Å². The number of aromatic nitrogens is 2. The highest BCUT2D eigenvalue weighted by Crippen LogP contribution is 2.14. The van der Waals surface area contributed by atoms with Crippen LogP contribution < -0.4 is 10.1 Å². The van der Waals surface area contributed by atoms with Gasteiger partial charge in [-0.1, -0.05) is 12.1 Å². The molecule has 1 heterocycles. The molecule has 0 radical (unpaired) electrons. The number of benzene rings is 2. The summed E-state index contributed by atoms with van der Waals surface area (Å²) in [5.41, 5.74) is 4.58. The van der Waals surface area contributed by atoms with Crippen molar-refractivity contribution < 1.29 is 14.3 Å². The summed E-state index contributed by atoms with van der Waals surface area (Å²) >= 11 is 0. The number of hydrogen-bond acceptors (Lipinski definition) is 4. The third-order valence-corrected chi connectivity index (χ3v) is 4.32. The molecule has 6 heteroatoms. The number of nitrogens with one attached hydrogen (secondary N) is 1. The Balaban J connectivity index is 1.55. The minimum absolute atomic E-state index is 0.111. The number of aryl methyl sites for hydroxylation is 2. The zero-order valence-corrected chi connectivity index (χ0v) is 16.4. The van der Waals surface area contributed by atoms with Gasteiger partial charge in [0, 0.05) is 24.9 Å². The van der Waals surface area contributed by atoms with Gasteiger partial charge < -0.3 is 14.8 Å². The van der Waals surface area contributed by atoms with Gasteiger partial charge in [-0.05, 0) is 61.9 Å². The summed E-state index contributed by atoms with van der Waals surface area (Å²) in [4.78, 5) is 12.4. The van der Waals surface area contributed by atoms with Crippen molar-refractivity contribution in [2.75, 3.05) is 20.3 Å². The van der Waals surface area contributed by atoms with Crippen molar-refractivity contribution in [3.05, 3.63) is 77.1 Å². The second-order valence-corrected chi connectivity index (χ2v) is 6.55. The van der Waals surface area contributed by atoms with Gasteiger partial charge in [-0.15, -0.1) is 0 Å². The van der Waals surface area contributed by atoms with E-state index in [0.717, 1.165) is 28.4 Å². The molecular weight excluding hydrogens is 354 g/mol. The Hall–Kier alpha value is -3.12. The van der Waals surface area contributed by atoms with Crippen LogP contribution >= 0.6 is 0 Å². The lowest BCUT2D eigenvalue weighted by Crippen LogP contribution is -2.22. The first kappa shape index (κ1) is 19.6. The lowest BCUT2D eigenvalue weighted by atomic mass is 10.1. The molecule has 3 rings (SSSR count). The van der Waals surface area contributed by atoms with Crippen molar-refractivity contribution in [1.82, 2.24) is 15.1 Å². The molecular formula is C22H25N3O3.